The highest BCUT2D eigenvalue weighted by atomic mass is 79.9. The molecule has 1 N–H and O–H groups in total. The first kappa shape index (κ1) is 15.4. The maximum atomic E-state index is 13.1. The smallest absolute Gasteiger partial charge is 0.230 e. The van der Waals surface area contributed by atoms with Crippen LogP contribution in [-0.4, -0.2) is 16.0 Å². The van der Waals surface area contributed by atoms with Crippen molar-refractivity contribution in [3.8, 4) is 0 Å². The fraction of sp³-hybridized carbons (Fsp3) is 0.579. The molecule has 0 aliphatic heterocycles. The van der Waals surface area contributed by atoms with E-state index in [1.807, 2.05) is 18.2 Å². The Kier molecular flexibility index (Phi) is 3.45. The molecular weight excluding hydrogens is 354 g/mol. The summed E-state index contributed by atoms with van der Waals surface area (Å²) in [5, 5.41) is 3.09. The second kappa shape index (κ2) is 5.17. The Labute approximate surface area is 145 Å². The van der Waals surface area contributed by atoms with E-state index >= 15 is 0 Å². The fourth-order valence-corrected chi connectivity index (χ4v) is 7.02. The van der Waals surface area contributed by atoms with Gasteiger partial charge in [-0.1, -0.05) is 28.1 Å². The number of hydrogen-bond acceptors (Lipinski definition) is 2. The molecule has 122 valence electrons. The summed E-state index contributed by atoms with van der Waals surface area (Å²) in [4.78, 5) is 24.9. The number of rotatable bonds is 3. The molecule has 2 atom stereocenters. The van der Waals surface area contributed by atoms with E-state index in [0.717, 1.165) is 19.3 Å². The molecule has 1 aromatic rings. The van der Waals surface area contributed by atoms with Crippen molar-refractivity contribution in [3.63, 3.8) is 0 Å². The number of amides is 1. The van der Waals surface area contributed by atoms with Crippen molar-refractivity contribution in [2.75, 3.05) is 5.32 Å². The zero-order valence-electron chi connectivity index (χ0n) is 13.4. The molecule has 23 heavy (non-hydrogen) atoms. The van der Waals surface area contributed by atoms with E-state index in [4.69, 9.17) is 0 Å². The van der Waals surface area contributed by atoms with Crippen molar-refractivity contribution in [2.24, 2.45) is 17.3 Å². The van der Waals surface area contributed by atoms with Crippen molar-refractivity contribution >= 4 is 33.3 Å². The van der Waals surface area contributed by atoms with E-state index in [-0.39, 0.29) is 21.4 Å². The summed E-state index contributed by atoms with van der Waals surface area (Å²) in [6.07, 6.45) is 6.65. The summed E-state index contributed by atoms with van der Waals surface area (Å²) in [6, 6.07) is 7.32. The number of nitrogens with one attached hydrogen (secondary N) is 1. The number of anilines is 1. The van der Waals surface area contributed by atoms with Gasteiger partial charge in [0.1, 0.15) is 0 Å². The first-order valence-electron chi connectivity index (χ1n) is 8.50. The summed E-state index contributed by atoms with van der Waals surface area (Å²) < 4.78 is 0.161. The standard InChI is InChI=1S/C19H22BrNO2/c1-12(22)15-4-2-3-5-16(15)21-17(23)18-7-13-6-14(8-18)10-19(20,9-13)11-18/h2-5,13-14H,6-11H2,1H3,(H,21,23). The third-order valence-electron chi connectivity index (χ3n) is 6.03. The number of ketones is 1. The van der Waals surface area contributed by atoms with E-state index in [9.17, 15) is 9.59 Å². The first-order valence-corrected chi connectivity index (χ1v) is 9.29. The number of alkyl halides is 1. The Morgan fingerprint density at radius 3 is 2.39 bits per heavy atom. The van der Waals surface area contributed by atoms with Crippen molar-refractivity contribution in [1.29, 1.82) is 0 Å². The minimum Gasteiger partial charge on any atom is -0.325 e. The molecule has 0 saturated heterocycles. The lowest BCUT2D eigenvalue weighted by Crippen LogP contribution is -2.57. The average Bonchev–Trinajstić information content (AvgIpc) is 2.45. The molecule has 5 rings (SSSR count). The highest BCUT2D eigenvalue weighted by Crippen LogP contribution is 2.64. The predicted octanol–water partition coefficient (Wildman–Crippen LogP) is 4.56. The molecule has 0 radical (unpaired) electrons. The Morgan fingerprint density at radius 2 is 1.78 bits per heavy atom. The Balaban J connectivity index is 1.62. The van der Waals surface area contributed by atoms with Crippen LogP contribution in [0, 0.1) is 17.3 Å². The van der Waals surface area contributed by atoms with Gasteiger partial charge in [0.2, 0.25) is 5.91 Å². The van der Waals surface area contributed by atoms with Crippen LogP contribution in [0.1, 0.15) is 55.8 Å². The van der Waals surface area contributed by atoms with Gasteiger partial charge in [0.25, 0.3) is 0 Å². The monoisotopic (exact) mass is 375 g/mol. The second-order valence-corrected chi connectivity index (χ2v) is 9.63. The number of halogens is 1. The third kappa shape index (κ3) is 2.55. The van der Waals surface area contributed by atoms with Crippen molar-refractivity contribution in [2.45, 2.75) is 49.8 Å². The maximum absolute atomic E-state index is 13.1. The summed E-state index contributed by atoms with van der Waals surface area (Å²) in [7, 11) is 0. The lowest BCUT2D eigenvalue weighted by Gasteiger charge is -2.59. The minimum atomic E-state index is -0.252. The van der Waals surface area contributed by atoms with E-state index in [2.05, 4.69) is 21.2 Å². The molecule has 0 spiro atoms. The van der Waals surface area contributed by atoms with E-state index in [0.29, 0.717) is 23.1 Å². The van der Waals surface area contributed by atoms with Crippen LogP contribution in [0.15, 0.2) is 24.3 Å². The molecular formula is C19H22BrNO2. The SMILES string of the molecule is CC(=O)c1ccccc1NC(=O)C12CC3CC(CC(Br)(C3)C1)C2. The molecule has 4 fully saturated rings. The Morgan fingerprint density at radius 1 is 1.13 bits per heavy atom. The minimum absolute atomic E-state index is 0.0108. The van der Waals surface area contributed by atoms with E-state index in [1.165, 1.54) is 19.3 Å². The van der Waals surface area contributed by atoms with Crippen molar-refractivity contribution in [3.05, 3.63) is 29.8 Å². The quantitative estimate of drug-likeness (QED) is 0.621. The van der Waals surface area contributed by atoms with Crippen LogP contribution in [0.5, 0.6) is 0 Å². The van der Waals surface area contributed by atoms with Gasteiger partial charge in [-0.25, -0.2) is 0 Å². The molecule has 2 unspecified atom stereocenters. The van der Waals surface area contributed by atoms with Crippen molar-refractivity contribution < 1.29 is 9.59 Å². The summed E-state index contributed by atoms with van der Waals surface area (Å²) in [5.41, 5.74) is 1.00. The van der Waals surface area contributed by atoms with Crippen LogP contribution in [0.25, 0.3) is 0 Å². The van der Waals surface area contributed by atoms with Gasteiger partial charge in [0.15, 0.2) is 5.78 Å². The predicted molar refractivity (Wildman–Crippen MR) is 93.8 cm³/mol. The molecule has 4 bridgehead atoms. The number of carbonyl (C=O) groups excluding carboxylic acids is 2. The molecule has 4 heteroatoms. The van der Waals surface area contributed by atoms with Gasteiger partial charge < -0.3 is 5.32 Å². The molecule has 0 heterocycles. The maximum Gasteiger partial charge on any atom is 0.230 e. The molecule has 1 amide bonds. The zero-order chi connectivity index (χ0) is 16.2. The highest BCUT2D eigenvalue weighted by molar-refractivity contribution is 9.10. The van der Waals surface area contributed by atoms with Gasteiger partial charge in [0.05, 0.1) is 11.1 Å². The topological polar surface area (TPSA) is 46.2 Å². The summed E-state index contributed by atoms with van der Waals surface area (Å²) in [5.74, 6) is 1.45. The van der Waals surface area contributed by atoms with E-state index < -0.39 is 0 Å². The number of Topliss-reactive ketones (excluding diaryl/α,β-unsaturated/α-hetero) is 1. The van der Waals surface area contributed by atoms with Gasteiger partial charge in [-0.15, -0.1) is 0 Å². The van der Waals surface area contributed by atoms with Crippen LogP contribution in [-0.2, 0) is 4.79 Å². The summed E-state index contributed by atoms with van der Waals surface area (Å²) in [6.45, 7) is 1.54. The number of hydrogen-bond donors (Lipinski definition) is 1. The van der Waals surface area contributed by atoms with Crippen LogP contribution in [0.4, 0.5) is 5.69 Å². The molecule has 3 nitrogen and oxygen atoms in total. The van der Waals surface area contributed by atoms with Crippen LogP contribution >= 0.6 is 15.9 Å². The lowest BCUT2D eigenvalue weighted by molar-refractivity contribution is -0.138. The average molecular weight is 376 g/mol. The Hall–Kier alpha value is -1.16. The lowest BCUT2D eigenvalue weighted by atomic mass is 9.49. The number of carbonyl (C=O) groups is 2. The molecule has 1 aromatic carbocycles. The number of benzene rings is 1. The zero-order valence-corrected chi connectivity index (χ0v) is 15.0. The van der Waals surface area contributed by atoms with Crippen LogP contribution in [0.2, 0.25) is 0 Å². The Bertz CT molecular complexity index is 670. The first-order chi connectivity index (χ1) is 10.9. The number of para-hydroxylation sites is 1. The highest BCUT2D eigenvalue weighted by Gasteiger charge is 2.59. The fourth-order valence-electron chi connectivity index (χ4n) is 5.57. The van der Waals surface area contributed by atoms with Gasteiger partial charge in [-0.05, 0) is 69.4 Å². The normalized spacial score (nSPS) is 37.7. The van der Waals surface area contributed by atoms with Gasteiger partial charge in [0, 0.05) is 9.89 Å². The molecule has 0 aromatic heterocycles. The molecule has 4 saturated carbocycles. The molecule has 4 aliphatic carbocycles. The van der Waals surface area contributed by atoms with E-state index in [1.54, 1.807) is 13.0 Å². The van der Waals surface area contributed by atoms with Gasteiger partial charge in [-0.3, -0.25) is 9.59 Å². The van der Waals surface area contributed by atoms with Crippen LogP contribution < -0.4 is 5.32 Å². The third-order valence-corrected chi connectivity index (χ3v) is 6.95. The van der Waals surface area contributed by atoms with Gasteiger partial charge >= 0.3 is 0 Å². The van der Waals surface area contributed by atoms with Crippen LogP contribution in [0.3, 0.4) is 0 Å². The van der Waals surface area contributed by atoms with Crippen molar-refractivity contribution in [1.82, 2.24) is 0 Å². The summed E-state index contributed by atoms with van der Waals surface area (Å²) >= 11 is 3.95. The molecule has 4 aliphatic rings. The second-order valence-electron chi connectivity index (χ2n) is 7.95. The van der Waals surface area contributed by atoms with Gasteiger partial charge in [-0.2, -0.15) is 0 Å². The largest absolute Gasteiger partial charge is 0.325 e.